The van der Waals surface area contributed by atoms with Crippen LogP contribution in [0.4, 0.5) is 0 Å². The summed E-state index contributed by atoms with van der Waals surface area (Å²) in [6.07, 6.45) is 0. The monoisotopic (exact) mass is 2520 g/mol. The fourth-order valence-electron chi connectivity index (χ4n) is 1.55. The fourth-order valence-corrected chi connectivity index (χ4v) is 24.5. The zero-order valence-electron chi connectivity index (χ0n) is 11.6. The summed E-state index contributed by atoms with van der Waals surface area (Å²) in [5, 5.41) is 0. The number of alkyl halides is 19. The first-order valence-electron chi connectivity index (χ1n) is 5.51. The van der Waals surface area contributed by atoms with Gasteiger partial charge in [-0.2, -0.15) is 0 Å². The van der Waals surface area contributed by atoms with Gasteiger partial charge in [-0.1, -0.05) is 384 Å². The Labute approximate surface area is 425 Å². The molecule has 170 valence electrons. The zero-order chi connectivity index (χ0) is 23.6. The van der Waals surface area contributed by atoms with E-state index in [4.69, 9.17) is 0 Å². The van der Waals surface area contributed by atoms with Crippen molar-refractivity contribution in [2.45, 2.75) is 5.82 Å². The number of hydrogen-bond acceptors (Lipinski definition) is 1. The Bertz CT molecular complexity index is 487. The topological polar surface area (TPSA) is 3.24 Å². The fraction of sp³-hybridized carbons (Fsp3) is 1.00. The molecule has 0 saturated heterocycles. The summed E-state index contributed by atoms with van der Waals surface area (Å²) < 4.78 is -0.920. The Morgan fingerprint density at radius 3 is 0.571 bits per heavy atom. The normalized spacial score (nSPS) is 16.7. The Morgan fingerprint density at radius 2 is 0.464 bits per heavy atom. The van der Waals surface area contributed by atoms with Crippen LogP contribution in [0, 0.1) is 0 Å². The number of rotatable bonds is 8. The van der Waals surface area contributed by atoms with Crippen molar-refractivity contribution < 1.29 is 0 Å². The van der Waals surface area contributed by atoms with Crippen LogP contribution in [0.2, 0.25) is 0 Å². The molecule has 0 saturated carbocycles. The molecule has 0 atom stereocenters. The van der Waals surface area contributed by atoms with E-state index < -0.39 is 0 Å². The molecule has 0 rings (SSSR count). The second kappa shape index (κ2) is 15.4. The van der Waals surface area contributed by atoms with Crippen molar-refractivity contribution in [2.75, 3.05) is 0 Å². The van der Waals surface area contributed by atoms with E-state index in [1.807, 2.05) is 0 Å². The van der Waals surface area contributed by atoms with Crippen molar-refractivity contribution >= 4 is 429 Å². The highest BCUT2D eigenvalue weighted by Crippen LogP contribution is 2.77. The number of hydrogen-bond donors (Lipinski definition) is 0. The van der Waals surface area contributed by atoms with E-state index in [2.05, 4.69) is 434 Å². The van der Waals surface area contributed by atoms with Crippen molar-refractivity contribution in [3.05, 3.63) is 0 Å². The minimum atomic E-state index is -0.211. The van der Waals surface area contributed by atoms with E-state index in [-0.39, 0.29) is 5.82 Å². The predicted octanol–water partition coefficient (Wildman–Crippen LogP) is 14.9. The zero-order valence-corrected chi connectivity index (χ0v) is 52.6. The lowest BCUT2D eigenvalue weighted by molar-refractivity contribution is 0.147. The van der Waals surface area contributed by atoms with E-state index in [1.165, 1.54) is 0 Å². The quantitative estimate of drug-likeness (QED) is 0.133. The summed E-state index contributed by atoms with van der Waals surface area (Å²) in [6.45, 7) is 0. The summed E-state index contributed by atoms with van der Waals surface area (Å²) >= 11 is 50.4. The first-order valence-corrected chi connectivity index (χ1v) is 26.0. The molecule has 28 heavy (non-hydrogen) atoms. The van der Waals surface area contributed by atoms with E-state index in [9.17, 15) is 0 Å². The van der Waals surface area contributed by atoms with Gasteiger partial charge in [-0.3, -0.25) is 0 Å². The minimum Gasteiger partial charge on any atom is -0.238 e. The van der Waals surface area contributed by atoms with Gasteiger partial charge in [-0.05, 0) is 45.2 Å². The van der Waals surface area contributed by atoms with Crippen LogP contribution < -0.4 is 0 Å². The molecular weight excluding hydrogens is 2520 g/mol. The summed E-state index contributed by atoms with van der Waals surface area (Å²) in [6, 6.07) is 0. The van der Waals surface area contributed by atoms with Gasteiger partial charge in [0, 0.05) is 0 Å². The Morgan fingerprint density at radius 1 is 0.286 bits per heavy atom. The Hall–Kier alpha value is 13.8. The maximum absolute atomic E-state index is 2.81. The largest absolute Gasteiger partial charge is 0.238 e. The molecule has 0 heterocycles. The van der Waals surface area contributed by atoms with Crippen molar-refractivity contribution in [2.24, 2.45) is 0 Å². The third-order valence-corrected chi connectivity index (χ3v) is 39.8. The predicted molar refractivity (Wildman–Crippen MR) is 290 cm³/mol. The minimum absolute atomic E-state index is 0.0388. The lowest BCUT2D eigenvalue weighted by atomic mass is 10.2. The first kappa shape index (κ1) is 41.8. The van der Waals surface area contributed by atoms with Gasteiger partial charge in [0.05, 0.1) is 0 Å². The molecule has 0 aliphatic carbocycles. The molecule has 0 aromatic rings. The molecule has 0 bridgehead atoms. The van der Waals surface area contributed by atoms with Crippen LogP contribution in [0.1, 0.15) is 0 Å². The van der Waals surface area contributed by atoms with Gasteiger partial charge in [-0.25, -0.2) is 4.90 Å². The first-order chi connectivity index (χ1) is 11.6. The van der Waals surface area contributed by atoms with Gasteiger partial charge in [0.15, 0.2) is -1.27 Å². The molecule has 0 radical (unpaired) electrons. The Balaban J connectivity index is 7.73. The maximum atomic E-state index is 2.81. The second-order valence-electron chi connectivity index (χ2n) is 4.61. The maximum Gasteiger partial charge on any atom is 0.160 e. The van der Waals surface area contributed by atoms with Gasteiger partial charge >= 0.3 is 0 Å². The molecule has 0 unspecified atom stereocenters. The molecule has 0 aliphatic heterocycles. The molecular formula is C8I19N. The average Bonchev–Trinajstić information content (AvgIpc) is 2.31. The van der Waals surface area contributed by atoms with Gasteiger partial charge in [-0.15, -0.1) is 0 Å². The van der Waals surface area contributed by atoms with E-state index >= 15 is 0 Å². The van der Waals surface area contributed by atoms with Gasteiger partial charge < -0.3 is 0 Å². The molecule has 1 nitrogen and oxygen atoms in total. The highest BCUT2D eigenvalue weighted by Gasteiger charge is 2.76. The van der Waals surface area contributed by atoms with Crippen LogP contribution in [0.15, 0.2) is 0 Å². The molecule has 0 fully saturated rings. The van der Waals surface area contributed by atoms with Crippen molar-refractivity contribution in [1.29, 1.82) is 0 Å². The lowest BCUT2D eigenvalue weighted by Gasteiger charge is -2.64. The highest BCUT2D eigenvalue weighted by molar-refractivity contribution is 14.3. The summed E-state index contributed by atoms with van der Waals surface area (Å²) in [4.78, 5) is 2.81. The summed E-state index contributed by atoms with van der Waals surface area (Å²) in [5.41, 5.74) is 0. The second-order valence-corrected chi connectivity index (χ2v) is 68.2. The van der Waals surface area contributed by atoms with Crippen LogP contribution in [0.5, 0.6) is 0 Å². The summed E-state index contributed by atoms with van der Waals surface area (Å²) in [7, 11) is 0. The summed E-state index contributed by atoms with van der Waals surface area (Å²) in [5.74, 6) is 0. The van der Waals surface area contributed by atoms with E-state index in [0.29, 0.717) is 0 Å². The number of halogens is 19. The van der Waals surface area contributed by atoms with Gasteiger partial charge in [0.2, 0.25) is 0 Å². The van der Waals surface area contributed by atoms with Crippen LogP contribution >= 0.6 is 429 Å². The third kappa shape index (κ3) is 10.2. The Kier molecular flexibility index (Phi) is 23.0. The van der Waals surface area contributed by atoms with Crippen molar-refractivity contribution in [3.63, 3.8) is 0 Å². The lowest BCUT2D eigenvalue weighted by Crippen LogP contribution is -2.77. The molecule has 0 N–H and O–H groups in total. The molecule has 20 heteroatoms. The average molecular weight is 2520 g/mol. The third-order valence-electron chi connectivity index (χ3n) is 2.74. The standard InChI is InChI=1S/C8I19N/c9-1(3(11,12)13,4(14,15)16)28(8(26,27)7(23,24)25)2(10,5(17,18)19)6(20,21)22. The van der Waals surface area contributed by atoms with Crippen LogP contribution in [0.3, 0.4) is 0 Å². The molecule has 0 aromatic heterocycles. The smallest absolute Gasteiger partial charge is 0.160 e. The van der Waals surface area contributed by atoms with E-state index in [0.717, 1.165) is 0 Å². The molecule has 0 spiro atoms. The highest BCUT2D eigenvalue weighted by atomic mass is 127. The van der Waals surface area contributed by atoms with Crippen molar-refractivity contribution in [1.82, 2.24) is 4.90 Å². The van der Waals surface area contributed by atoms with Crippen molar-refractivity contribution in [3.8, 4) is 0 Å². The molecule has 0 amide bonds. The molecule has 0 aromatic carbocycles. The van der Waals surface area contributed by atoms with Gasteiger partial charge in [0.25, 0.3) is 0 Å². The van der Waals surface area contributed by atoms with Crippen LogP contribution in [0.25, 0.3) is 0 Å². The SMILES string of the molecule is IC(I)(I)C(I)(I)N(C(I)(C(I)(I)I)C(I)(I)I)C(I)(C(I)(I)I)C(I)(I)I. The molecule has 0 aliphatic rings. The van der Waals surface area contributed by atoms with Crippen LogP contribution in [-0.4, -0.2) is 10.7 Å². The van der Waals surface area contributed by atoms with E-state index in [1.54, 1.807) is 0 Å². The number of nitrogens with zero attached hydrogens (tertiary/aromatic N) is 1. The van der Waals surface area contributed by atoms with Crippen LogP contribution in [-0.2, 0) is 0 Å². The van der Waals surface area contributed by atoms with Gasteiger partial charge in [0.1, 0.15) is 7.09 Å².